The van der Waals surface area contributed by atoms with E-state index in [2.05, 4.69) is 49.4 Å². The number of likely N-dealkylation sites (tertiary alicyclic amines) is 1. The Morgan fingerprint density at radius 1 is 1.22 bits per heavy atom. The van der Waals surface area contributed by atoms with E-state index in [9.17, 15) is 0 Å². The molecule has 0 aromatic carbocycles. The van der Waals surface area contributed by atoms with Crippen molar-refractivity contribution in [3.8, 4) is 0 Å². The molecule has 2 saturated heterocycles. The lowest BCUT2D eigenvalue weighted by atomic mass is 9.72. The van der Waals surface area contributed by atoms with E-state index in [0.717, 1.165) is 23.5 Å². The summed E-state index contributed by atoms with van der Waals surface area (Å²) in [6.45, 7) is 4.76. The first-order chi connectivity index (χ1) is 8.71. The van der Waals surface area contributed by atoms with E-state index in [1.165, 1.54) is 31.5 Å². The lowest BCUT2D eigenvalue weighted by molar-refractivity contribution is 0.0894. The molecule has 1 spiro atoms. The standard InChI is InChI=1S/C13H19IN4/c1-17-4-2-13(3-5-17)9-18(10-13)12-15-7-11(6-14)8-16-12/h7-8H,2-6,9-10H2,1H3. The fourth-order valence-corrected chi connectivity index (χ4v) is 3.29. The Bertz CT molecular complexity index is 404. The van der Waals surface area contributed by atoms with Gasteiger partial charge < -0.3 is 9.80 Å². The van der Waals surface area contributed by atoms with E-state index in [1.54, 1.807) is 0 Å². The molecule has 18 heavy (non-hydrogen) atoms. The number of anilines is 1. The molecule has 0 N–H and O–H groups in total. The number of halogens is 1. The molecule has 3 heterocycles. The van der Waals surface area contributed by atoms with E-state index >= 15 is 0 Å². The monoisotopic (exact) mass is 358 g/mol. The smallest absolute Gasteiger partial charge is 0.225 e. The van der Waals surface area contributed by atoms with Crippen LogP contribution in [-0.2, 0) is 4.43 Å². The lowest BCUT2D eigenvalue weighted by Crippen LogP contribution is -2.60. The number of hydrogen-bond donors (Lipinski definition) is 0. The van der Waals surface area contributed by atoms with Crippen molar-refractivity contribution in [2.24, 2.45) is 5.41 Å². The number of nitrogens with zero attached hydrogens (tertiary/aromatic N) is 4. The minimum atomic E-state index is 0.553. The number of aromatic nitrogens is 2. The predicted molar refractivity (Wildman–Crippen MR) is 81.1 cm³/mol. The second-order valence-corrected chi connectivity index (χ2v) is 6.45. The van der Waals surface area contributed by atoms with Crippen molar-refractivity contribution in [3.63, 3.8) is 0 Å². The van der Waals surface area contributed by atoms with Gasteiger partial charge in [-0.3, -0.25) is 0 Å². The second-order valence-electron chi connectivity index (χ2n) is 5.68. The molecule has 5 heteroatoms. The van der Waals surface area contributed by atoms with Crippen molar-refractivity contribution in [2.45, 2.75) is 17.3 Å². The van der Waals surface area contributed by atoms with Gasteiger partial charge in [0, 0.05) is 35.3 Å². The van der Waals surface area contributed by atoms with Gasteiger partial charge in [-0.2, -0.15) is 0 Å². The summed E-state index contributed by atoms with van der Waals surface area (Å²) < 4.78 is 0.980. The summed E-state index contributed by atoms with van der Waals surface area (Å²) in [6, 6.07) is 0. The molecule has 2 aliphatic heterocycles. The first-order valence-electron chi connectivity index (χ1n) is 6.51. The third-order valence-corrected chi connectivity index (χ3v) is 5.11. The van der Waals surface area contributed by atoms with Gasteiger partial charge in [0.2, 0.25) is 5.95 Å². The maximum Gasteiger partial charge on any atom is 0.225 e. The Morgan fingerprint density at radius 3 is 2.39 bits per heavy atom. The molecule has 2 fully saturated rings. The molecule has 4 nitrogen and oxygen atoms in total. The van der Waals surface area contributed by atoms with Gasteiger partial charge in [0.15, 0.2) is 0 Å². The molecule has 0 amide bonds. The van der Waals surface area contributed by atoms with Crippen LogP contribution in [-0.4, -0.2) is 48.1 Å². The van der Waals surface area contributed by atoms with Crippen molar-refractivity contribution >= 4 is 28.5 Å². The predicted octanol–water partition coefficient (Wildman–Crippen LogP) is 1.94. The van der Waals surface area contributed by atoms with Crippen molar-refractivity contribution in [1.82, 2.24) is 14.9 Å². The van der Waals surface area contributed by atoms with Gasteiger partial charge in [-0.15, -0.1) is 0 Å². The fraction of sp³-hybridized carbons (Fsp3) is 0.692. The van der Waals surface area contributed by atoms with E-state index in [4.69, 9.17) is 0 Å². The zero-order chi connectivity index (χ0) is 12.6. The van der Waals surface area contributed by atoms with Crippen LogP contribution >= 0.6 is 22.6 Å². The maximum atomic E-state index is 4.46. The molecule has 0 saturated carbocycles. The maximum absolute atomic E-state index is 4.46. The highest BCUT2D eigenvalue weighted by Gasteiger charge is 2.45. The molecule has 98 valence electrons. The van der Waals surface area contributed by atoms with Crippen molar-refractivity contribution in [3.05, 3.63) is 18.0 Å². The SMILES string of the molecule is CN1CCC2(CC1)CN(c1ncc(CI)cn1)C2. The second kappa shape index (κ2) is 4.92. The highest BCUT2D eigenvalue weighted by Crippen LogP contribution is 2.41. The van der Waals surface area contributed by atoms with Crippen LogP contribution in [0.3, 0.4) is 0 Å². The Kier molecular flexibility index (Phi) is 3.44. The van der Waals surface area contributed by atoms with Crippen LogP contribution in [0.5, 0.6) is 0 Å². The lowest BCUT2D eigenvalue weighted by Gasteiger charge is -2.53. The number of rotatable bonds is 2. The van der Waals surface area contributed by atoms with Crippen LogP contribution in [0.15, 0.2) is 12.4 Å². The van der Waals surface area contributed by atoms with Gasteiger partial charge in [0.05, 0.1) is 0 Å². The molecule has 0 unspecified atom stereocenters. The van der Waals surface area contributed by atoms with E-state index < -0.39 is 0 Å². The summed E-state index contributed by atoms with van der Waals surface area (Å²) in [5.41, 5.74) is 1.76. The minimum absolute atomic E-state index is 0.553. The van der Waals surface area contributed by atoms with Crippen LogP contribution in [0.2, 0.25) is 0 Å². The van der Waals surface area contributed by atoms with Gasteiger partial charge in [-0.25, -0.2) is 9.97 Å². The van der Waals surface area contributed by atoms with Gasteiger partial charge in [-0.1, -0.05) is 22.6 Å². The normalized spacial score (nSPS) is 23.1. The largest absolute Gasteiger partial charge is 0.340 e. The summed E-state index contributed by atoms with van der Waals surface area (Å²) in [4.78, 5) is 13.7. The highest BCUT2D eigenvalue weighted by molar-refractivity contribution is 14.1. The molecule has 2 aliphatic rings. The molecular formula is C13H19IN4. The van der Waals surface area contributed by atoms with Gasteiger partial charge in [-0.05, 0) is 38.5 Å². The summed E-state index contributed by atoms with van der Waals surface area (Å²) >= 11 is 2.34. The highest BCUT2D eigenvalue weighted by atomic mass is 127. The average Bonchev–Trinajstić information content (AvgIpc) is 2.38. The summed E-state index contributed by atoms with van der Waals surface area (Å²) in [6.07, 6.45) is 6.56. The van der Waals surface area contributed by atoms with Crippen molar-refractivity contribution in [1.29, 1.82) is 0 Å². The van der Waals surface area contributed by atoms with Crippen LogP contribution in [0.4, 0.5) is 5.95 Å². The fourth-order valence-electron chi connectivity index (χ4n) is 2.89. The molecule has 0 radical (unpaired) electrons. The third kappa shape index (κ3) is 2.34. The quantitative estimate of drug-likeness (QED) is 0.598. The molecule has 0 bridgehead atoms. The molecule has 0 atom stereocenters. The molecular weight excluding hydrogens is 339 g/mol. The third-order valence-electron chi connectivity index (χ3n) is 4.23. The van der Waals surface area contributed by atoms with E-state index in [1.807, 2.05) is 12.4 Å². The molecule has 3 rings (SSSR count). The van der Waals surface area contributed by atoms with Crippen LogP contribution in [0, 0.1) is 5.41 Å². The Morgan fingerprint density at radius 2 is 1.83 bits per heavy atom. The van der Waals surface area contributed by atoms with Gasteiger partial charge >= 0.3 is 0 Å². The number of hydrogen-bond acceptors (Lipinski definition) is 4. The zero-order valence-electron chi connectivity index (χ0n) is 10.8. The minimum Gasteiger partial charge on any atom is -0.340 e. The number of piperidine rings is 1. The van der Waals surface area contributed by atoms with E-state index in [-0.39, 0.29) is 0 Å². The summed E-state index contributed by atoms with van der Waals surface area (Å²) in [7, 11) is 2.22. The summed E-state index contributed by atoms with van der Waals surface area (Å²) in [5, 5.41) is 0. The van der Waals surface area contributed by atoms with Crippen molar-refractivity contribution in [2.75, 3.05) is 38.1 Å². The van der Waals surface area contributed by atoms with Crippen LogP contribution in [0.25, 0.3) is 0 Å². The topological polar surface area (TPSA) is 32.3 Å². The van der Waals surface area contributed by atoms with Crippen LogP contribution in [0.1, 0.15) is 18.4 Å². The van der Waals surface area contributed by atoms with Gasteiger partial charge in [0.1, 0.15) is 0 Å². The molecule has 0 aliphatic carbocycles. The van der Waals surface area contributed by atoms with Crippen molar-refractivity contribution < 1.29 is 0 Å². The number of alkyl halides is 1. The average molecular weight is 358 g/mol. The van der Waals surface area contributed by atoms with E-state index in [0.29, 0.717) is 5.41 Å². The summed E-state index contributed by atoms with van der Waals surface area (Å²) in [5.74, 6) is 0.910. The molecule has 1 aromatic heterocycles. The first-order valence-corrected chi connectivity index (χ1v) is 8.04. The zero-order valence-corrected chi connectivity index (χ0v) is 12.9. The Balaban J connectivity index is 1.61. The molecule has 1 aromatic rings. The van der Waals surface area contributed by atoms with Gasteiger partial charge in [0.25, 0.3) is 0 Å². The Labute approximate surface area is 122 Å². The first kappa shape index (κ1) is 12.6. The van der Waals surface area contributed by atoms with Crippen LogP contribution < -0.4 is 4.90 Å². The Hall–Kier alpha value is -0.430.